The number of hydrogen-bond acceptors (Lipinski definition) is 4. The number of nitrogens with two attached hydrogens (primary N) is 1. The third-order valence-electron chi connectivity index (χ3n) is 2.36. The summed E-state index contributed by atoms with van der Waals surface area (Å²) in [5, 5.41) is 1.99. The topological polar surface area (TPSA) is 38.9 Å². The highest BCUT2D eigenvalue weighted by atomic mass is 32.2. The van der Waals surface area contributed by atoms with E-state index in [1.165, 1.54) is 10.5 Å². The van der Waals surface area contributed by atoms with Crippen LogP contribution in [0, 0.1) is 0 Å². The first-order chi connectivity index (χ1) is 7.79. The maximum Gasteiger partial charge on any atom is 0.154 e. The number of hydrogen-bond donors (Lipinski definition) is 1. The van der Waals surface area contributed by atoms with Gasteiger partial charge in [-0.05, 0) is 24.1 Å². The van der Waals surface area contributed by atoms with Gasteiger partial charge in [0.2, 0.25) is 0 Å². The van der Waals surface area contributed by atoms with E-state index in [0.717, 1.165) is 10.8 Å². The van der Waals surface area contributed by atoms with Crippen LogP contribution in [0.1, 0.15) is 24.9 Å². The van der Waals surface area contributed by atoms with Crippen LogP contribution in [-0.2, 0) is 0 Å². The zero-order chi connectivity index (χ0) is 11.4. The molecule has 4 heteroatoms. The first kappa shape index (κ1) is 11.6. The Morgan fingerprint density at radius 2 is 2.12 bits per heavy atom. The van der Waals surface area contributed by atoms with Gasteiger partial charge in [-0.25, -0.2) is 4.98 Å². The molecule has 1 aromatic carbocycles. The van der Waals surface area contributed by atoms with E-state index in [2.05, 4.69) is 36.2 Å². The van der Waals surface area contributed by atoms with Crippen LogP contribution in [0.3, 0.4) is 0 Å². The molecule has 1 aromatic heterocycles. The van der Waals surface area contributed by atoms with Crippen molar-refractivity contribution in [2.45, 2.75) is 28.6 Å². The van der Waals surface area contributed by atoms with E-state index in [1.54, 1.807) is 23.1 Å². The summed E-state index contributed by atoms with van der Waals surface area (Å²) in [6.07, 6.45) is 2.80. The third-order valence-corrected chi connectivity index (χ3v) is 4.25. The monoisotopic (exact) mass is 250 g/mol. The van der Waals surface area contributed by atoms with Crippen LogP contribution in [0.2, 0.25) is 0 Å². The van der Waals surface area contributed by atoms with Crippen molar-refractivity contribution >= 4 is 23.1 Å². The summed E-state index contributed by atoms with van der Waals surface area (Å²) in [4.78, 5) is 5.45. The first-order valence-electron chi connectivity index (χ1n) is 5.22. The normalized spacial score (nSPS) is 12.6. The van der Waals surface area contributed by atoms with Gasteiger partial charge in [-0.2, -0.15) is 0 Å². The molecule has 0 bridgehead atoms. The van der Waals surface area contributed by atoms with E-state index < -0.39 is 0 Å². The van der Waals surface area contributed by atoms with Crippen LogP contribution in [0.4, 0.5) is 0 Å². The Hall–Kier alpha value is -0.840. The van der Waals surface area contributed by atoms with Crippen molar-refractivity contribution in [3.63, 3.8) is 0 Å². The Morgan fingerprint density at radius 1 is 1.38 bits per heavy atom. The molecule has 2 nitrogen and oxygen atoms in total. The molecule has 2 rings (SSSR count). The number of aromatic nitrogens is 1. The number of rotatable bonds is 4. The van der Waals surface area contributed by atoms with Crippen molar-refractivity contribution in [2.24, 2.45) is 5.73 Å². The minimum Gasteiger partial charge on any atom is -0.324 e. The summed E-state index contributed by atoms with van der Waals surface area (Å²) in [6, 6.07) is 8.57. The second-order valence-corrected chi connectivity index (χ2v) is 5.70. The largest absolute Gasteiger partial charge is 0.324 e. The van der Waals surface area contributed by atoms with Crippen LogP contribution in [0.25, 0.3) is 0 Å². The first-order valence-corrected chi connectivity index (χ1v) is 6.92. The van der Waals surface area contributed by atoms with Gasteiger partial charge in [0.15, 0.2) is 4.34 Å². The lowest BCUT2D eigenvalue weighted by atomic mass is 10.1. The van der Waals surface area contributed by atoms with Crippen LogP contribution < -0.4 is 5.73 Å². The predicted molar refractivity (Wildman–Crippen MR) is 69.9 cm³/mol. The van der Waals surface area contributed by atoms with E-state index in [9.17, 15) is 0 Å². The SMILES string of the molecule is CC[C@@H](N)c1ccc(Sc2nccs2)cc1. The fraction of sp³-hybridized carbons (Fsp3) is 0.250. The standard InChI is InChI=1S/C12H14N2S2/c1-2-11(13)9-3-5-10(6-4-9)16-12-14-7-8-15-12/h3-8,11H,2,13H2,1H3/t11-/m1/s1. The lowest BCUT2D eigenvalue weighted by Crippen LogP contribution is -2.07. The molecule has 2 N–H and O–H groups in total. The zero-order valence-electron chi connectivity index (χ0n) is 9.09. The molecule has 0 amide bonds. The van der Waals surface area contributed by atoms with E-state index in [-0.39, 0.29) is 6.04 Å². The zero-order valence-corrected chi connectivity index (χ0v) is 10.7. The maximum atomic E-state index is 5.96. The maximum absolute atomic E-state index is 5.96. The highest BCUT2D eigenvalue weighted by molar-refractivity contribution is 8.01. The number of benzene rings is 1. The smallest absolute Gasteiger partial charge is 0.154 e. The second kappa shape index (κ2) is 5.48. The molecule has 0 aliphatic rings. The van der Waals surface area contributed by atoms with E-state index >= 15 is 0 Å². The van der Waals surface area contributed by atoms with Gasteiger partial charge >= 0.3 is 0 Å². The van der Waals surface area contributed by atoms with E-state index in [1.807, 2.05) is 11.6 Å². The molecule has 0 radical (unpaired) electrons. The predicted octanol–water partition coefficient (Wildman–Crippen LogP) is 3.70. The molecule has 0 saturated heterocycles. The van der Waals surface area contributed by atoms with Crippen molar-refractivity contribution in [2.75, 3.05) is 0 Å². The molecule has 2 aromatic rings. The Kier molecular flexibility index (Phi) is 3.98. The molecular weight excluding hydrogens is 236 g/mol. The molecule has 0 fully saturated rings. The fourth-order valence-corrected chi connectivity index (χ4v) is 2.98. The van der Waals surface area contributed by atoms with Gasteiger partial charge in [-0.1, -0.05) is 30.8 Å². The fourth-order valence-electron chi connectivity index (χ4n) is 1.38. The molecular formula is C12H14N2S2. The average Bonchev–Trinajstić information content (AvgIpc) is 2.82. The van der Waals surface area contributed by atoms with Gasteiger partial charge in [0.05, 0.1) is 0 Å². The molecule has 84 valence electrons. The van der Waals surface area contributed by atoms with Gasteiger partial charge in [-0.15, -0.1) is 11.3 Å². The molecule has 16 heavy (non-hydrogen) atoms. The van der Waals surface area contributed by atoms with Gasteiger partial charge in [0, 0.05) is 22.5 Å². The highest BCUT2D eigenvalue weighted by Gasteiger charge is 2.04. The summed E-state index contributed by atoms with van der Waals surface area (Å²) in [5.41, 5.74) is 7.16. The van der Waals surface area contributed by atoms with Crippen molar-refractivity contribution < 1.29 is 0 Å². The summed E-state index contributed by atoms with van der Waals surface area (Å²) < 4.78 is 1.08. The highest BCUT2D eigenvalue weighted by Crippen LogP contribution is 2.29. The van der Waals surface area contributed by atoms with Crippen LogP contribution in [0.5, 0.6) is 0 Å². The van der Waals surface area contributed by atoms with E-state index in [0.29, 0.717) is 0 Å². The lowest BCUT2D eigenvalue weighted by molar-refractivity contribution is 0.698. The van der Waals surface area contributed by atoms with Gasteiger partial charge in [0.1, 0.15) is 0 Å². The summed E-state index contributed by atoms with van der Waals surface area (Å²) in [6.45, 7) is 2.10. The van der Waals surface area contributed by atoms with Gasteiger partial charge < -0.3 is 5.73 Å². The lowest BCUT2D eigenvalue weighted by Gasteiger charge is -2.09. The van der Waals surface area contributed by atoms with Crippen LogP contribution in [-0.4, -0.2) is 4.98 Å². The van der Waals surface area contributed by atoms with Crippen molar-refractivity contribution in [3.8, 4) is 0 Å². The average molecular weight is 250 g/mol. The Labute approximate surface area is 104 Å². The van der Waals surface area contributed by atoms with Gasteiger partial charge in [-0.3, -0.25) is 0 Å². The Morgan fingerprint density at radius 3 is 2.69 bits per heavy atom. The number of nitrogens with zero attached hydrogens (tertiary/aromatic N) is 1. The molecule has 0 aliphatic heterocycles. The van der Waals surface area contributed by atoms with Crippen molar-refractivity contribution in [3.05, 3.63) is 41.4 Å². The molecule has 1 atom stereocenters. The van der Waals surface area contributed by atoms with Crippen LogP contribution >= 0.6 is 23.1 Å². The summed E-state index contributed by atoms with van der Waals surface area (Å²) in [5.74, 6) is 0. The molecule has 0 aliphatic carbocycles. The minimum atomic E-state index is 0.152. The third kappa shape index (κ3) is 2.84. The Bertz CT molecular complexity index is 423. The molecule has 0 saturated carbocycles. The Balaban J connectivity index is 2.07. The van der Waals surface area contributed by atoms with Gasteiger partial charge in [0.25, 0.3) is 0 Å². The summed E-state index contributed by atoms with van der Waals surface area (Å²) >= 11 is 3.35. The van der Waals surface area contributed by atoms with E-state index in [4.69, 9.17) is 5.73 Å². The van der Waals surface area contributed by atoms with Crippen LogP contribution in [0.15, 0.2) is 45.1 Å². The number of thiazole rings is 1. The summed E-state index contributed by atoms with van der Waals surface area (Å²) in [7, 11) is 0. The minimum absolute atomic E-state index is 0.152. The molecule has 0 spiro atoms. The quantitative estimate of drug-likeness (QED) is 0.899. The molecule has 0 unspecified atom stereocenters. The van der Waals surface area contributed by atoms with Crippen molar-refractivity contribution in [1.82, 2.24) is 4.98 Å². The second-order valence-electron chi connectivity index (χ2n) is 3.48. The van der Waals surface area contributed by atoms with Crippen molar-refractivity contribution in [1.29, 1.82) is 0 Å². The molecule has 1 heterocycles.